The molecule has 1 aromatic rings. The molecule has 0 heterocycles. The van der Waals surface area contributed by atoms with Crippen molar-refractivity contribution in [1.82, 2.24) is 5.32 Å². The topological polar surface area (TPSA) is 79.5 Å². The molecule has 0 aliphatic heterocycles. The fourth-order valence-corrected chi connectivity index (χ4v) is 2.88. The molecule has 1 aliphatic carbocycles. The van der Waals surface area contributed by atoms with E-state index in [0.29, 0.717) is 19.0 Å². The number of hydrogen-bond donors (Lipinski definition) is 3. The molecule has 0 saturated heterocycles. The van der Waals surface area contributed by atoms with Crippen molar-refractivity contribution in [1.29, 1.82) is 0 Å². The number of aliphatic imine (C=N–C) groups is 1. The summed E-state index contributed by atoms with van der Waals surface area (Å²) in [6, 6.07) is 6.32. The summed E-state index contributed by atoms with van der Waals surface area (Å²) in [5.74, 6) is 0.884. The summed E-state index contributed by atoms with van der Waals surface area (Å²) in [6.07, 6.45) is 5.97. The van der Waals surface area contributed by atoms with Crippen LogP contribution in [0.15, 0.2) is 23.2 Å². The Morgan fingerprint density at radius 1 is 1.24 bits per heavy atom. The Labute approximate surface area is 168 Å². The van der Waals surface area contributed by atoms with Gasteiger partial charge in [-0.05, 0) is 43.2 Å². The lowest BCUT2D eigenvalue weighted by atomic mass is 9.85. The molecule has 0 radical (unpaired) electrons. The molecule has 140 valence electrons. The Bertz CT molecular complexity index is 563. The van der Waals surface area contributed by atoms with Crippen LogP contribution >= 0.6 is 24.0 Å². The highest BCUT2D eigenvalue weighted by Crippen LogP contribution is 2.26. The van der Waals surface area contributed by atoms with Gasteiger partial charge in [-0.3, -0.25) is 9.79 Å². The minimum absolute atomic E-state index is 0. The second-order valence-electron chi connectivity index (χ2n) is 6.32. The number of nitrogens with two attached hydrogens (primary N) is 1. The van der Waals surface area contributed by atoms with Crippen molar-refractivity contribution in [3.63, 3.8) is 0 Å². The van der Waals surface area contributed by atoms with Gasteiger partial charge < -0.3 is 16.4 Å². The molecule has 0 spiro atoms. The molecular formula is C19H31IN4O. The molecule has 5 nitrogen and oxygen atoms in total. The van der Waals surface area contributed by atoms with Gasteiger partial charge in [-0.1, -0.05) is 38.5 Å². The van der Waals surface area contributed by atoms with Crippen molar-refractivity contribution in [2.75, 3.05) is 18.4 Å². The smallest absolute Gasteiger partial charge is 0.223 e. The molecule has 0 unspecified atom stereocenters. The summed E-state index contributed by atoms with van der Waals surface area (Å²) >= 11 is 0. The minimum Gasteiger partial charge on any atom is -0.370 e. The lowest BCUT2D eigenvalue weighted by molar-refractivity contribution is -0.127. The second kappa shape index (κ2) is 11.3. The SMILES string of the molecule is CCc1cccc(CC)c1NC(N)=NCCCNC(=O)C1CCC1.I. The first-order chi connectivity index (χ1) is 11.7. The number of nitrogens with one attached hydrogen (secondary N) is 2. The van der Waals surface area contributed by atoms with Crippen LogP contribution in [-0.4, -0.2) is 25.0 Å². The number of rotatable bonds is 8. The van der Waals surface area contributed by atoms with Gasteiger partial charge in [-0.2, -0.15) is 0 Å². The third-order valence-electron chi connectivity index (χ3n) is 4.64. The monoisotopic (exact) mass is 458 g/mol. The normalized spacial score (nSPS) is 14.4. The average molecular weight is 458 g/mol. The Morgan fingerprint density at radius 3 is 2.40 bits per heavy atom. The highest BCUT2D eigenvalue weighted by Gasteiger charge is 2.24. The quantitative estimate of drug-likeness (QED) is 0.242. The van der Waals surface area contributed by atoms with Gasteiger partial charge in [-0.25, -0.2) is 0 Å². The summed E-state index contributed by atoms with van der Waals surface area (Å²) < 4.78 is 0. The number of para-hydroxylation sites is 1. The number of carbonyl (C=O) groups excluding carboxylic acids is 1. The first kappa shape index (κ1) is 21.7. The molecule has 0 atom stereocenters. The van der Waals surface area contributed by atoms with Gasteiger partial charge in [0.2, 0.25) is 5.91 Å². The van der Waals surface area contributed by atoms with Gasteiger partial charge in [0, 0.05) is 24.7 Å². The second-order valence-corrected chi connectivity index (χ2v) is 6.32. The Morgan fingerprint density at radius 2 is 1.88 bits per heavy atom. The number of halogens is 1. The number of guanidine groups is 1. The molecule has 1 amide bonds. The maximum atomic E-state index is 11.7. The summed E-state index contributed by atoms with van der Waals surface area (Å²) in [7, 11) is 0. The number of nitrogens with zero attached hydrogens (tertiary/aromatic N) is 1. The molecule has 4 N–H and O–H groups in total. The fourth-order valence-electron chi connectivity index (χ4n) is 2.88. The first-order valence-electron chi connectivity index (χ1n) is 9.11. The predicted octanol–water partition coefficient (Wildman–Crippen LogP) is 3.46. The number of amides is 1. The molecule has 1 saturated carbocycles. The van der Waals surface area contributed by atoms with Crippen molar-refractivity contribution in [2.24, 2.45) is 16.6 Å². The molecular weight excluding hydrogens is 427 g/mol. The van der Waals surface area contributed by atoms with E-state index in [9.17, 15) is 4.79 Å². The third-order valence-corrected chi connectivity index (χ3v) is 4.64. The standard InChI is InChI=1S/C19H30N4O.HI/c1-3-14-8-5-9-15(4-2)17(14)23-19(20)22-13-7-12-21-18(24)16-10-6-11-16;/h5,8-9,16H,3-4,6-7,10-13H2,1-2H3,(H,21,24)(H3,20,22,23);1H. The number of carbonyl (C=O) groups is 1. The van der Waals surface area contributed by atoms with Crippen molar-refractivity contribution < 1.29 is 4.79 Å². The zero-order valence-corrected chi connectivity index (χ0v) is 17.6. The van der Waals surface area contributed by atoms with Crippen LogP contribution in [-0.2, 0) is 17.6 Å². The zero-order chi connectivity index (χ0) is 17.4. The van der Waals surface area contributed by atoms with E-state index in [1.54, 1.807) is 0 Å². The molecule has 2 rings (SSSR count). The van der Waals surface area contributed by atoms with Gasteiger partial charge in [0.1, 0.15) is 0 Å². The van der Waals surface area contributed by atoms with E-state index in [1.165, 1.54) is 17.5 Å². The Balaban J connectivity index is 0.00000312. The predicted molar refractivity (Wildman–Crippen MR) is 116 cm³/mol. The molecule has 1 aliphatic rings. The van der Waals surface area contributed by atoms with E-state index in [1.807, 2.05) is 0 Å². The van der Waals surface area contributed by atoms with Gasteiger partial charge >= 0.3 is 0 Å². The molecule has 0 aromatic heterocycles. The minimum atomic E-state index is 0. The van der Waals surface area contributed by atoms with Gasteiger partial charge in [-0.15, -0.1) is 24.0 Å². The van der Waals surface area contributed by atoms with Crippen LogP contribution in [0.4, 0.5) is 5.69 Å². The largest absolute Gasteiger partial charge is 0.370 e. The summed E-state index contributed by atoms with van der Waals surface area (Å²) in [4.78, 5) is 16.1. The maximum Gasteiger partial charge on any atom is 0.223 e. The first-order valence-corrected chi connectivity index (χ1v) is 9.11. The lowest BCUT2D eigenvalue weighted by Gasteiger charge is -2.23. The Kier molecular flexibility index (Phi) is 9.85. The van der Waals surface area contributed by atoms with Crippen LogP contribution in [0.1, 0.15) is 50.7 Å². The van der Waals surface area contributed by atoms with Crippen molar-refractivity contribution in [3.8, 4) is 0 Å². The molecule has 0 bridgehead atoms. The van der Waals surface area contributed by atoms with E-state index in [-0.39, 0.29) is 35.8 Å². The highest BCUT2D eigenvalue weighted by atomic mass is 127. The number of aryl methyl sites for hydroxylation is 2. The van der Waals surface area contributed by atoms with Crippen LogP contribution in [0, 0.1) is 5.92 Å². The van der Waals surface area contributed by atoms with Crippen LogP contribution in [0.25, 0.3) is 0 Å². The number of benzene rings is 1. The zero-order valence-electron chi connectivity index (χ0n) is 15.3. The summed E-state index contributed by atoms with van der Waals surface area (Å²) in [5.41, 5.74) is 9.61. The molecule has 1 fully saturated rings. The van der Waals surface area contributed by atoms with Gasteiger partial charge in [0.25, 0.3) is 0 Å². The van der Waals surface area contributed by atoms with Crippen molar-refractivity contribution in [3.05, 3.63) is 29.3 Å². The van der Waals surface area contributed by atoms with Crippen molar-refractivity contribution in [2.45, 2.75) is 52.4 Å². The lowest BCUT2D eigenvalue weighted by Crippen LogP contribution is -2.35. The Hall–Kier alpha value is -1.31. The van der Waals surface area contributed by atoms with E-state index < -0.39 is 0 Å². The van der Waals surface area contributed by atoms with Crippen molar-refractivity contribution >= 4 is 41.5 Å². The van der Waals surface area contributed by atoms with Gasteiger partial charge in [0.05, 0.1) is 0 Å². The summed E-state index contributed by atoms with van der Waals surface area (Å²) in [5, 5.41) is 6.23. The average Bonchev–Trinajstić information content (AvgIpc) is 2.53. The number of hydrogen-bond acceptors (Lipinski definition) is 2. The van der Waals surface area contributed by atoms with E-state index >= 15 is 0 Å². The van der Waals surface area contributed by atoms with Crippen LogP contribution in [0.3, 0.4) is 0 Å². The molecule has 6 heteroatoms. The maximum absolute atomic E-state index is 11.7. The molecule has 1 aromatic carbocycles. The number of anilines is 1. The van der Waals surface area contributed by atoms with Crippen LogP contribution in [0.2, 0.25) is 0 Å². The van der Waals surface area contributed by atoms with Gasteiger partial charge in [0.15, 0.2) is 5.96 Å². The molecule has 25 heavy (non-hydrogen) atoms. The van der Waals surface area contributed by atoms with Crippen LogP contribution in [0.5, 0.6) is 0 Å². The fraction of sp³-hybridized carbons (Fsp3) is 0.579. The third kappa shape index (κ3) is 6.49. The van der Waals surface area contributed by atoms with E-state index in [4.69, 9.17) is 5.73 Å². The summed E-state index contributed by atoms with van der Waals surface area (Å²) in [6.45, 7) is 5.55. The van der Waals surface area contributed by atoms with E-state index in [0.717, 1.165) is 37.8 Å². The van der Waals surface area contributed by atoms with Crippen LogP contribution < -0.4 is 16.4 Å². The highest BCUT2D eigenvalue weighted by molar-refractivity contribution is 14.0. The van der Waals surface area contributed by atoms with E-state index in [2.05, 4.69) is 47.7 Å².